The zero-order chi connectivity index (χ0) is 19.5. The van der Waals surface area contributed by atoms with Gasteiger partial charge in [-0.1, -0.05) is 66.6 Å². The average Bonchev–Trinajstić information content (AvgIpc) is 2.68. The third kappa shape index (κ3) is 7.21. The standard InChI is InChI=1S/C21H32O4PS/c1-3-24-20(22)21(25-4-2,15-18-11-7-5-8-12-18)16-26(23)17-27-19-13-9-6-10-14-19/h6,9-10,13-14,18H,3-5,7-8,11-12,15-17H2,1-2H3/q+1. The third-order valence-electron chi connectivity index (χ3n) is 4.96. The van der Waals surface area contributed by atoms with Crippen LogP contribution >= 0.6 is 19.6 Å². The highest BCUT2D eigenvalue weighted by Crippen LogP contribution is 2.41. The van der Waals surface area contributed by atoms with Crippen LogP contribution in [0.15, 0.2) is 35.2 Å². The van der Waals surface area contributed by atoms with E-state index < -0.39 is 13.4 Å². The predicted octanol–water partition coefficient (Wildman–Crippen LogP) is 5.87. The lowest BCUT2D eigenvalue weighted by molar-refractivity contribution is -0.171. The molecule has 4 nitrogen and oxygen atoms in total. The molecular weight excluding hydrogens is 379 g/mol. The van der Waals surface area contributed by atoms with Gasteiger partial charge in [0, 0.05) is 11.5 Å². The topological polar surface area (TPSA) is 52.6 Å². The van der Waals surface area contributed by atoms with Crippen molar-refractivity contribution in [3.05, 3.63) is 30.3 Å². The first-order valence-electron chi connectivity index (χ1n) is 10.0. The molecule has 1 aromatic carbocycles. The van der Waals surface area contributed by atoms with E-state index in [9.17, 15) is 9.36 Å². The summed E-state index contributed by atoms with van der Waals surface area (Å²) >= 11 is 1.57. The minimum absolute atomic E-state index is 0.241. The van der Waals surface area contributed by atoms with Gasteiger partial charge in [0.1, 0.15) is 0 Å². The predicted molar refractivity (Wildman–Crippen MR) is 112 cm³/mol. The van der Waals surface area contributed by atoms with Crippen molar-refractivity contribution in [3.8, 4) is 0 Å². The fourth-order valence-corrected chi connectivity index (χ4v) is 6.57. The number of hydrogen-bond donors (Lipinski definition) is 0. The Bertz CT molecular complexity index is 589. The van der Waals surface area contributed by atoms with E-state index in [0.29, 0.717) is 31.0 Å². The molecule has 1 saturated carbocycles. The summed E-state index contributed by atoms with van der Waals surface area (Å²) in [6.45, 7) is 4.43. The minimum Gasteiger partial charge on any atom is -0.464 e. The fourth-order valence-electron chi connectivity index (χ4n) is 3.77. The second kappa shape index (κ2) is 11.8. The van der Waals surface area contributed by atoms with Crippen LogP contribution in [0.2, 0.25) is 0 Å². The molecule has 0 aromatic heterocycles. The molecule has 2 unspecified atom stereocenters. The lowest BCUT2D eigenvalue weighted by atomic mass is 9.81. The Labute approximate surface area is 168 Å². The van der Waals surface area contributed by atoms with Crippen molar-refractivity contribution in [3.63, 3.8) is 0 Å². The van der Waals surface area contributed by atoms with E-state index in [0.717, 1.165) is 17.7 Å². The van der Waals surface area contributed by atoms with Gasteiger partial charge in [-0.15, -0.1) is 0 Å². The first kappa shape index (κ1) is 22.4. The van der Waals surface area contributed by atoms with Crippen LogP contribution in [0.3, 0.4) is 0 Å². The molecule has 27 heavy (non-hydrogen) atoms. The molecular formula is C21H32O4PS+. The molecule has 0 N–H and O–H groups in total. The number of carbonyl (C=O) groups excluding carboxylic acids is 1. The number of thioether (sulfide) groups is 1. The van der Waals surface area contributed by atoms with E-state index in [1.165, 1.54) is 19.3 Å². The Hall–Kier alpha value is -0.900. The summed E-state index contributed by atoms with van der Waals surface area (Å²) < 4.78 is 24.3. The van der Waals surface area contributed by atoms with E-state index in [4.69, 9.17) is 9.47 Å². The van der Waals surface area contributed by atoms with Crippen LogP contribution in [0.25, 0.3) is 0 Å². The summed E-state index contributed by atoms with van der Waals surface area (Å²) in [5, 5.41) is 0. The van der Waals surface area contributed by atoms with E-state index in [-0.39, 0.29) is 12.1 Å². The molecule has 1 aliphatic rings. The molecule has 1 aliphatic carbocycles. The highest BCUT2D eigenvalue weighted by molar-refractivity contribution is 8.03. The maximum absolute atomic E-state index is 12.9. The summed E-state index contributed by atoms with van der Waals surface area (Å²) in [4.78, 5) is 13.9. The van der Waals surface area contributed by atoms with Gasteiger partial charge in [-0.05, 0) is 38.3 Å². The van der Waals surface area contributed by atoms with Crippen LogP contribution in [0.5, 0.6) is 0 Å². The van der Waals surface area contributed by atoms with Gasteiger partial charge < -0.3 is 9.47 Å². The Morgan fingerprint density at radius 3 is 2.48 bits per heavy atom. The zero-order valence-electron chi connectivity index (χ0n) is 16.5. The first-order chi connectivity index (χ1) is 13.1. The number of ether oxygens (including phenoxy) is 2. The van der Waals surface area contributed by atoms with Gasteiger partial charge in [0.25, 0.3) is 0 Å². The second-order valence-electron chi connectivity index (χ2n) is 7.08. The maximum Gasteiger partial charge on any atom is 0.353 e. The second-order valence-corrected chi connectivity index (χ2v) is 10.2. The van der Waals surface area contributed by atoms with Gasteiger partial charge in [0.2, 0.25) is 5.60 Å². The quantitative estimate of drug-likeness (QED) is 0.259. The Kier molecular flexibility index (Phi) is 9.81. The van der Waals surface area contributed by atoms with E-state index in [1.807, 2.05) is 37.3 Å². The van der Waals surface area contributed by atoms with Crippen molar-refractivity contribution in [2.75, 3.05) is 24.9 Å². The van der Waals surface area contributed by atoms with E-state index in [1.54, 1.807) is 18.7 Å². The lowest BCUT2D eigenvalue weighted by Crippen LogP contribution is -2.47. The molecule has 0 amide bonds. The van der Waals surface area contributed by atoms with Crippen LogP contribution in [-0.4, -0.2) is 36.4 Å². The summed E-state index contributed by atoms with van der Waals surface area (Å²) in [5.41, 5.74) is -0.588. The van der Waals surface area contributed by atoms with Crippen molar-refractivity contribution >= 4 is 25.5 Å². The van der Waals surface area contributed by atoms with Crippen LogP contribution in [0.4, 0.5) is 0 Å². The largest absolute Gasteiger partial charge is 0.464 e. The Morgan fingerprint density at radius 1 is 1.15 bits per heavy atom. The van der Waals surface area contributed by atoms with Crippen LogP contribution in [-0.2, 0) is 18.8 Å². The van der Waals surface area contributed by atoms with Gasteiger partial charge in [0.15, 0.2) is 11.7 Å². The van der Waals surface area contributed by atoms with Gasteiger partial charge in [0.05, 0.1) is 6.61 Å². The molecule has 2 rings (SSSR count). The smallest absolute Gasteiger partial charge is 0.353 e. The third-order valence-corrected chi connectivity index (χ3v) is 8.10. The molecule has 0 aliphatic heterocycles. The van der Waals surface area contributed by atoms with Crippen LogP contribution in [0.1, 0.15) is 52.4 Å². The number of hydrogen-bond acceptors (Lipinski definition) is 5. The maximum atomic E-state index is 12.9. The van der Waals surface area contributed by atoms with Gasteiger partial charge in [-0.3, -0.25) is 0 Å². The van der Waals surface area contributed by atoms with Gasteiger partial charge >= 0.3 is 13.8 Å². The normalized spacial score (nSPS) is 17.9. The number of benzene rings is 1. The molecule has 0 spiro atoms. The van der Waals surface area contributed by atoms with Gasteiger partial charge in [-0.25, -0.2) is 4.79 Å². The zero-order valence-corrected chi connectivity index (χ0v) is 18.2. The van der Waals surface area contributed by atoms with Crippen LogP contribution < -0.4 is 0 Å². The molecule has 0 saturated heterocycles. The highest BCUT2D eigenvalue weighted by atomic mass is 32.2. The summed E-state index contributed by atoms with van der Waals surface area (Å²) in [6.07, 6.45) is 6.76. The number of carbonyl (C=O) groups is 1. The van der Waals surface area contributed by atoms with Crippen molar-refractivity contribution in [2.45, 2.75) is 62.9 Å². The molecule has 2 atom stereocenters. The minimum atomic E-state index is -1.59. The summed E-state index contributed by atoms with van der Waals surface area (Å²) in [7, 11) is -1.59. The Morgan fingerprint density at radius 2 is 1.85 bits per heavy atom. The lowest BCUT2D eigenvalue weighted by Gasteiger charge is -2.33. The number of rotatable bonds is 11. The number of esters is 1. The molecule has 0 heterocycles. The van der Waals surface area contributed by atoms with Crippen molar-refractivity contribution in [2.24, 2.45) is 5.92 Å². The van der Waals surface area contributed by atoms with Crippen molar-refractivity contribution in [1.29, 1.82) is 0 Å². The summed E-state index contributed by atoms with van der Waals surface area (Å²) in [6, 6.07) is 9.94. The van der Waals surface area contributed by atoms with Crippen LogP contribution in [0, 0.1) is 5.92 Å². The average molecular weight is 412 g/mol. The van der Waals surface area contributed by atoms with E-state index in [2.05, 4.69) is 0 Å². The molecule has 1 fully saturated rings. The first-order valence-corrected chi connectivity index (χ1v) is 12.6. The highest BCUT2D eigenvalue weighted by Gasteiger charge is 2.49. The molecule has 1 aromatic rings. The molecule has 6 heteroatoms. The summed E-state index contributed by atoms with van der Waals surface area (Å²) in [5.74, 6) is 0.102. The molecule has 150 valence electrons. The monoisotopic (exact) mass is 411 g/mol. The van der Waals surface area contributed by atoms with Gasteiger partial charge in [-0.2, -0.15) is 0 Å². The Balaban J connectivity index is 2.08. The van der Waals surface area contributed by atoms with E-state index >= 15 is 0 Å². The molecule has 0 radical (unpaired) electrons. The fraction of sp³-hybridized carbons (Fsp3) is 0.667. The van der Waals surface area contributed by atoms with Crippen molar-refractivity contribution in [1.82, 2.24) is 0 Å². The molecule has 0 bridgehead atoms. The van der Waals surface area contributed by atoms with Crippen molar-refractivity contribution < 1.29 is 18.8 Å². The SMILES string of the molecule is CCOC(=O)C(CC1CCCCC1)(C[P+](=O)CSc1ccccc1)OCC.